The Labute approximate surface area is 134 Å². The van der Waals surface area contributed by atoms with E-state index in [1.54, 1.807) is 12.1 Å². The molecular formula is C18H19FN2O2. The van der Waals surface area contributed by atoms with Crippen LogP contribution in [0.3, 0.4) is 0 Å². The molecule has 3 rings (SSSR count). The molecule has 0 aliphatic carbocycles. The Bertz CT molecular complexity index is 684. The van der Waals surface area contributed by atoms with Crippen LogP contribution in [0, 0.1) is 5.82 Å². The molecule has 0 unspecified atom stereocenters. The number of hydrogen-bond acceptors (Lipinski definition) is 3. The summed E-state index contributed by atoms with van der Waals surface area (Å²) in [5.74, 6) is -0.911. The van der Waals surface area contributed by atoms with Crippen molar-refractivity contribution in [1.29, 1.82) is 0 Å². The van der Waals surface area contributed by atoms with Crippen LogP contribution in [0.4, 0.5) is 10.1 Å². The van der Waals surface area contributed by atoms with E-state index in [-0.39, 0.29) is 5.56 Å². The third kappa shape index (κ3) is 3.68. The second kappa shape index (κ2) is 7.24. The summed E-state index contributed by atoms with van der Waals surface area (Å²) >= 11 is 0. The molecular weight excluding hydrogens is 295 g/mol. The Morgan fingerprint density at radius 2 is 1.78 bits per heavy atom. The first-order valence-corrected chi connectivity index (χ1v) is 7.69. The van der Waals surface area contributed by atoms with Gasteiger partial charge in [-0.3, -0.25) is 4.79 Å². The van der Waals surface area contributed by atoms with E-state index < -0.39 is 11.7 Å². The van der Waals surface area contributed by atoms with Gasteiger partial charge in [-0.25, -0.2) is 4.39 Å². The van der Waals surface area contributed by atoms with E-state index in [9.17, 15) is 9.18 Å². The number of carbonyl (C=O) groups excluding carboxylic acids is 1. The van der Waals surface area contributed by atoms with E-state index in [4.69, 9.17) is 4.74 Å². The highest BCUT2D eigenvalue weighted by atomic mass is 19.1. The Morgan fingerprint density at radius 1 is 1.09 bits per heavy atom. The number of nitrogens with one attached hydrogen (secondary N) is 1. The lowest BCUT2D eigenvalue weighted by Gasteiger charge is -2.30. The number of benzene rings is 2. The molecule has 1 fully saturated rings. The van der Waals surface area contributed by atoms with Gasteiger partial charge in [0.1, 0.15) is 5.82 Å². The van der Waals surface area contributed by atoms with Gasteiger partial charge in [0.05, 0.1) is 18.8 Å². The van der Waals surface area contributed by atoms with Gasteiger partial charge in [0.15, 0.2) is 0 Å². The van der Waals surface area contributed by atoms with Crippen molar-refractivity contribution in [3.05, 3.63) is 65.5 Å². The van der Waals surface area contributed by atoms with Crippen LogP contribution in [0.15, 0.2) is 48.5 Å². The van der Waals surface area contributed by atoms with E-state index in [0.29, 0.717) is 19.8 Å². The first-order valence-electron chi connectivity index (χ1n) is 7.69. The smallest absolute Gasteiger partial charge is 0.254 e. The van der Waals surface area contributed by atoms with Crippen molar-refractivity contribution in [2.45, 2.75) is 6.54 Å². The number of halogens is 1. The number of anilines is 1. The second-order valence-electron chi connectivity index (χ2n) is 5.39. The average molecular weight is 314 g/mol. The SMILES string of the molecule is O=C(NCc1ccccc1N1CCOCC1)c1ccccc1F. The van der Waals surface area contributed by atoms with Crippen molar-refractivity contribution >= 4 is 11.6 Å². The molecule has 0 atom stereocenters. The van der Waals surface area contributed by atoms with E-state index >= 15 is 0 Å². The predicted molar refractivity (Wildman–Crippen MR) is 87.0 cm³/mol. The summed E-state index contributed by atoms with van der Waals surface area (Å²) in [6.45, 7) is 3.43. The maximum Gasteiger partial charge on any atom is 0.254 e. The number of carbonyl (C=O) groups is 1. The Kier molecular flexibility index (Phi) is 4.88. The van der Waals surface area contributed by atoms with Gasteiger partial charge in [0.2, 0.25) is 0 Å². The molecule has 23 heavy (non-hydrogen) atoms. The fourth-order valence-corrected chi connectivity index (χ4v) is 2.69. The van der Waals surface area contributed by atoms with Crippen molar-refractivity contribution in [3.63, 3.8) is 0 Å². The van der Waals surface area contributed by atoms with Crippen LogP contribution in [0.25, 0.3) is 0 Å². The monoisotopic (exact) mass is 314 g/mol. The minimum Gasteiger partial charge on any atom is -0.378 e. The molecule has 0 bridgehead atoms. The van der Waals surface area contributed by atoms with E-state index in [2.05, 4.69) is 10.2 Å². The van der Waals surface area contributed by atoms with Gasteiger partial charge < -0.3 is 15.0 Å². The molecule has 0 saturated carbocycles. The Hall–Kier alpha value is -2.40. The molecule has 1 aliphatic heterocycles. The first-order chi connectivity index (χ1) is 11.3. The molecule has 1 N–H and O–H groups in total. The highest BCUT2D eigenvalue weighted by Gasteiger charge is 2.15. The minimum atomic E-state index is -0.508. The summed E-state index contributed by atoms with van der Waals surface area (Å²) in [7, 11) is 0. The van der Waals surface area contributed by atoms with E-state index in [1.807, 2.05) is 24.3 Å². The van der Waals surface area contributed by atoms with Gasteiger partial charge in [-0.2, -0.15) is 0 Å². The standard InChI is InChI=1S/C18H19FN2O2/c19-16-7-3-2-6-15(16)18(22)20-13-14-5-1-4-8-17(14)21-9-11-23-12-10-21/h1-8H,9-13H2,(H,20,22). The first kappa shape index (κ1) is 15.5. The number of amides is 1. The molecule has 1 heterocycles. The lowest BCUT2D eigenvalue weighted by Crippen LogP contribution is -2.37. The van der Waals surface area contributed by atoms with Gasteiger partial charge in [-0.15, -0.1) is 0 Å². The predicted octanol–water partition coefficient (Wildman–Crippen LogP) is 2.59. The molecule has 120 valence electrons. The number of ether oxygens (including phenoxy) is 1. The number of para-hydroxylation sites is 1. The van der Waals surface area contributed by atoms with Gasteiger partial charge >= 0.3 is 0 Å². The summed E-state index contributed by atoms with van der Waals surface area (Å²) in [5, 5.41) is 2.80. The second-order valence-corrected chi connectivity index (χ2v) is 5.39. The normalized spacial score (nSPS) is 14.6. The highest BCUT2D eigenvalue weighted by molar-refractivity contribution is 5.94. The zero-order valence-electron chi connectivity index (χ0n) is 12.8. The van der Waals surface area contributed by atoms with Crippen LogP contribution in [-0.2, 0) is 11.3 Å². The number of hydrogen-bond donors (Lipinski definition) is 1. The Morgan fingerprint density at radius 3 is 2.57 bits per heavy atom. The van der Waals surface area contributed by atoms with Crippen LogP contribution >= 0.6 is 0 Å². The van der Waals surface area contributed by atoms with E-state index in [1.165, 1.54) is 12.1 Å². The third-order valence-corrected chi connectivity index (χ3v) is 3.90. The zero-order valence-corrected chi connectivity index (χ0v) is 12.8. The van der Waals surface area contributed by atoms with Gasteiger partial charge in [-0.1, -0.05) is 30.3 Å². The van der Waals surface area contributed by atoms with Crippen LogP contribution < -0.4 is 10.2 Å². The third-order valence-electron chi connectivity index (χ3n) is 3.90. The lowest BCUT2D eigenvalue weighted by molar-refractivity contribution is 0.0946. The van der Waals surface area contributed by atoms with Gasteiger partial charge in [-0.05, 0) is 23.8 Å². The van der Waals surface area contributed by atoms with Crippen LogP contribution in [-0.4, -0.2) is 32.2 Å². The molecule has 1 aliphatic rings. The van der Waals surface area contributed by atoms with E-state index in [0.717, 1.165) is 24.3 Å². The molecule has 1 amide bonds. The van der Waals surface area contributed by atoms with Gasteiger partial charge in [0.25, 0.3) is 5.91 Å². The van der Waals surface area contributed by atoms with Crippen molar-refractivity contribution in [1.82, 2.24) is 5.32 Å². The van der Waals surface area contributed by atoms with Crippen molar-refractivity contribution in [3.8, 4) is 0 Å². The maximum atomic E-state index is 13.7. The molecule has 2 aromatic carbocycles. The minimum absolute atomic E-state index is 0.0661. The number of nitrogens with zero attached hydrogens (tertiary/aromatic N) is 1. The molecule has 4 nitrogen and oxygen atoms in total. The summed E-state index contributed by atoms with van der Waals surface area (Å²) in [6.07, 6.45) is 0. The topological polar surface area (TPSA) is 41.6 Å². The van der Waals surface area contributed by atoms with Crippen molar-refractivity contribution in [2.24, 2.45) is 0 Å². The lowest BCUT2D eigenvalue weighted by atomic mass is 10.1. The number of rotatable bonds is 4. The van der Waals surface area contributed by atoms with Crippen LogP contribution in [0.2, 0.25) is 0 Å². The molecule has 0 spiro atoms. The summed E-state index contributed by atoms with van der Waals surface area (Å²) in [4.78, 5) is 14.4. The zero-order chi connectivity index (χ0) is 16.1. The highest BCUT2D eigenvalue weighted by Crippen LogP contribution is 2.21. The average Bonchev–Trinajstić information content (AvgIpc) is 2.61. The molecule has 1 saturated heterocycles. The molecule has 0 radical (unpaired) electrons. The molecule has 5 heteroatoms. The van der Waals surface area contributed by atoms with Crippen LogP contribution in [0.5, 0.6) is 0 Å². The molecule has 0 aromatic heterocycles. The van der Waals surface area contributed by atoms with Gasteiger partial charge in [0, 0.05) is 25.3 Å². The fourth-order valence-electron chi connectivity index (χ4n) is 2.69. The summed E-state index contributed by atoms with van der Waals surface area (Å²) in [6, 6.07) is 13.9. The summed E-state index contributed by atoms with van der Waals surface area (Å²) in [5.41, 5.74) is 2.17. The summed E-state index contributed by atoms with van der Waals surface area (Å²) < 4.78 is 19.0. The Balaban J connectivity index is 1.71. The van der Waals surface area contributed by atoms with Crippen molar-refractivity contribution < 1.29 is 13.9 Å². The van der Waals surface area contributed by atoms with Crippen LogP contribution in [0.1, 0.15) is 15.9 Å². The largest absolute Gasteiger partial charge is 0.378 e. The number of morpholine rings is 1. The maximum absolute atomic E-state index is 13.7. The quantitative estimate of drug-likeness (QED) is 0.943. The fraction of sp³-hybridized carbons (Fsp3) is 0.278. The molecule has 2 aromatic rings. The van der Waals surface area contributed by atoms with Crippen molar-refractivity contribution in [2.75, 3.05) is 31.2 Å².